The van der Waals surface area contributed by atoms with Crippen LogP contribution in [0.15, 0.2) is 0 Å². The molecule has 1 N–H and O–H groups in total. The summed E-state index contributed by atoms with van der Waals surface area (Å²) in [5, 5.41) is 5.13. The number of hydrogen-bond donors (Lipinski definition) is 1. The van der Waals surface area contributed by atoms with Crippen molar-refractivity contribution in [2.75, 3.05) is 11.9 Å². The van der Waals surface area contributed by atoms with Gasteiger partial charge in [0.1, 0.15) is 0 Å². The zero-order valence-corrected chi connectivity index (χ0v) is 15.4. The van der Waals surface area contributed by atoms with Gasteiger partial charge in [-0.1, -0.05) is 6.92 Å². The molecule has 1 heterocycles. The Labute approximate surface area is 167 Å². The highest BCUT2D eigenvalue weighted by molar-refractivity contribution is 5.26. The third kappa shape index (κ3) is 3.69. The van der Waals surface area contributed by atoms with Gasteiger partial charge in [0.25, 0.3) is 0 Å². The quantitative estimate of drug-likeness (QED) is 0.451. The van der Waals surface area contributed by atoms with E-state index in [2.05, 4.69) is 15.4 Å². The predicted molar refractivity (Wildman–Crippen MR) is 74.5 cm³/mol. The van der Waals surface area contributed by atoms with Crippen molar-refractivity contribution >= 4 is 5.95 Å². The predicted octanol–water partition coefficient (Wildman–Crippen LogP) is 5.47. The summed E-state index contributed by atoms with van der Waals surface area (Å²) in [6.45, 7) is 1.40. The standard InChI is InChI=1S/C13H11F15N4/c1-3-4-29-6-30-5(32(2)31-6)7(14,15)8(16,17)9(18,19)10(20,21)11(22,23)12(24,25)13(26,27)28/h3-4H2,1-2H3,(H,29,31). The van der Waals surface area contributed by atoms with E-state index in [1.54, 1.807) is 0 Å². The van der Waals surface area contributed by atoms with E-state index in [4.69, 9.17) is 0 Å². The van der Waals surface area contributed by atoms with Crippen LogP contribution in [-0.2, 0) is 13.0 Å². The molecule has 0 atom stereocenters. The van der Waals surface area contributed by atoms with Gasteiger partial charge in [-0.2, -0.15) is 70.8 Å². The number of rotatable bonds is 9. The lowest BCUT2D eigenvalue weighted by Crippen LogP contribution is -2.72. The van der Waals surface area contributed by atoms with Crippen molar-refractivity contribution < 1.29 is 65.9 Å². The Bertz CT molecular complexity index is 811. The third-order valence-corrected chi connectivity index (χ3v) is 3.90. The molecule has 0 saturated heterocycles. The Morgan fingerprint density at radius 3 is 1.50 bits per heavy atom. The Morgan fingerprint density at radius 1 is 0.688 bits per heavy atom. The fourth-order valence-electron chi connectivity index (χ4n) is 2.08. The zero-order valence-electron chi connectivity index (χ0n) is 15.4. The van der Waals surface area contributed by atoms with Crippen LogP contribution in [-0.4, -0.2) is 57.1 Å². The number of aryl methyl sites for hydroxylation is 1. The van der Waals surface area contributed by atoms with Crippen molar-refractivity contribution in [3.8, 4) is 0 Å². The van der Waals surface area contributed by atoms with E-state index in [9.17, 15) is 65.9 Å². The lowest BCUT2D eigenvalue weighted by molar-refractivity contribution is -0.454. The van der Waals surface area contributed by atoms with E-state index in [0.717, 1.165) is 0 Å². The molecule has 0 bridgehead atoms. The normalized spacial score (nSPS) is 15.3. The third-order valence-electron chi connectivity index (χ3n) is 3.90. The summed E-state index contributed by atoms with van der Waals surface area (Å²) in [7, 11) is 0.367. The van der Waals surface area contributed by atoms with Gasteiger partial charge in [0.2, 0.25) is 11.8 Å². The summed E-state index contributed by atoms with van der Waals surface area (Å²) in [5.74, 6) is -50.5. The van der Waals surface area contributed by atoms with Gasteiger partial charge in [-0.15, -0.1) is 5.10 Å². The fourth-order valence-corrected chi connectivity index (χ4v) is 2.08. The van der Waals surface area contributed by atoms with E-state index in [-0.39, 0.29) is 17.6 Å². The van der Waals surface area contributed by atoms with E-state index < -0.39 is 53.5 Å². The highest BCUT2D eigenvalue weighted by Crippen LogP contribution is 2.63. The molecule has 32 heavy (non-hydrogen) atoms. The Kier molecular flexibility index (Phi) is 6.75. The van der Waals surface area contributed by atoms with Gasteiger partial charge in [-0.05, 0) is 6.42 Å². The topological polar surface area (TPSA) is 42.7 Å². The van der Waals surface area contributed by atoms with Crippen LogP contribution in [0.3, 0.4) is 0 Å². The first-order valence-corrected chi connectivity index (χ1v) is 7.94. The van der Waals surface area contributed by atoms with Gasteiger partial charge in [-0.3, -0.25) is 0 Å². The number of anilines is 1. The van der Waals surface area contributed by atoms with Crippen LogP contribution in [0.25, 0.3) is 0 Å². The largest absolute Gasteiger partial charge is 0.460 e. The SMILES string of the molecule is CCCNc1nc(C(F)(F)C(F)(F)C(F)(F)C(F)(F)C(F)(F)C(F)(F)C(F)(F)F)n(C)n1. The Hall–Kier alpha value is -2.11. The van der Waals surface area contributed by atoms with Gasteiger partial charge in [0.15, 0.2) is 0 Å². The highest BCUT2D eigenvalue weighted by Gasteiger charge is 2.93. The molecule has 0 aliphatic heterocycles. The molecular formula is C13H11F15N4. The second-order valence-corrected chi connectivity index (χ2v) is 6.25. The maximum absolute atomic E-state index is 14.1. The molecule has 0 amide bonds. The molecule has 4 nitrogen and oxygen atoms in total. The Morgan fingerprint density at radius 2 is 1.09 bits per heavy atom. The van der Waals surface area contributed by atoms with E-state index in [1.807, 2.05) is 0 Å². The van der Waals surface area contributed by atoms with Crippen molar-refractivity contribution in [3.05, 3.63) is 5.82 Å². The molecule has 0 unspecified atom stereocenters. The summed E-state index contributed by atoms with van der Waals surface area (Å²) in [5.41, 5.74) is 0. The number of nitrogens with one attached hydrogen (secondary N) is 1. The van der Waals surface area contributed by atoms with Gasteiger partial charge >= 0.3 is 41.7 Å². The number of halogens is 15. The summed E-state index contributed by atoms with van der Waals surface area (Å²) in [6, 6.07) is 0. The van der Waals surface area contributed by atoms with E-state index >= 15 is 0 Å². The molecule has 19 heteroatoms. The zero-order chi connectivity index (χ0) is 25.8. The van der Waals surface area contributed by atoms with Crippen molar-refractivity contribution in [1.82, 2.24) is 14.8 Å². The Balaban J connectivity index is 3.61. The summed E-state index contributed by atoms with van der Waals surface area (Å²) in [4.78, 5) is 2.65. The molecule has 0 spiro atoms. The van der Waals surface area contributed by atoms with Crippen LogP contribution in [0.1, 0.15) is 19.2 Å². The molecule has 0 fully saturated rings. The summed E-state index contributed by atoms with van der Waals surface area (Å²) >= 11 is 0. The molecule has 0 aliphatic rings. The smallest absolute Gasteiger partial charge is 0.353 e. The maximum atomic E-state index is 14.1. The van der Waals surface area contributed by atoms with Crippen molar-refractivity contribution in [1.29, 1.82) is 0 Å². The molecule has 0 radical (unpaired) electrons. The van der Waals surface area contributed by atoms with Crippen molar-refractivity contribution in [3.63, 3.8) is 0 Å². The minimum Gasteiger partial charge on any atom is -0.353 e. The molecule has 0 saturated carbocycles. The van der Waals surface area contributed by atoms with E-state index in [1.165, 1.54) is 6.92 Å². The maximum Gasteiger partial charge on any atom is 0.460 e. The molecule has 1 aromatic heterocycles. The monoisotopic (exact) mass is 508 g/mol. The minimum absolute atomic E-state index is 0.0988. The van der Waals surface area contributed by atoms with Crippen LogP contribution < -0.4 is 5.32 Å². The molecule has 1 rings (SSSR count). The molecule has 1 aromatic rings. The lowest BCUT2D eigenvalue weighted by Gasteiger charge is -2.41. The van der Waals surface area contributed by atoms with Gasteiger partial charge in [0.05, 0.1) is 0 Å². The average molecular weight is 508 g/mol. The van der Waals surface area contributed by atoms with Gasteiger partial charge in [-0.25, -0.2) is 4.68 Å². The fraction of sp³-hybridized carbons (Fsp3) is 0.846. The number of nitrogens with zero attached hydrogens (tertiary/aromatic N) is 3. The van der Waals surface area contributed by atoms with Crippen molar-refractivity contribution in [2.45, 2.75) is 55.1 Å². The molecule has 188 valence electrons. The van der Waals surface area contributed by atoms with Gasteiger partial charge in [0, 0.05) is 13.6 Å². The average Bonchev–Trinajstić information content (AvgIpc) is 2.99. The van der Waals surface area contributed by atoms with Crippen LogP contribution in [0.2, 0.25) is 0 Å². The lowest BCUT2D eigenvalue weighted by atomic mass is 9.91. The molecular weight excluding hydrogens is 497 g/mol. The summed E-state index contributed by atoms with van der Waals surface area (Å²) in [6.07, 6.45) is -7.38. The number of aromatic nitrogens is 3. The van der Waals surface area contributed by atoms with Crippen LogP contribution in [0.4, 0.5) is 71.8 Å². The first kappa shape index (κ1) is 27.9. The first-order chi connectivity index (χ1) is 13.9. The van der Waals surface area contributed by atoms with Crippen LogP contribution in [0, 0.1) is 0 Å². The second kappa shape index (κ2) is 7.74. The van der Waals surface area contributed by atoms with E-state index in [0.29, 0.717) is 7.05 Å². The molecule has 0 aromatic carbocycles. The number of hydrogen-bond acceptors (Lipinski definition) is 3. The summed E-state index contributed by atoms with van der Waals surface area (Å²) < 4.78 is 198. The van der Waals surface area contributed by atoms with Gasteiger partial charge < -0.3 is 5.32 Å². The van der Waals surface area contributed by atoms with Crippen LogP contribution in [0.5, 0.6) is 0 Å². The highest BCUT2D eigenvalue weighted by atomic mass is 19.4. The number of alkyl halides is 15. The van der Waals surface area contributed by atoms with Crippen molar-refractivity contribution in [2.24, 2.45) is 7.05 Å². The second-order valence-electron chi connectivity index (χ2n) is 6.25. The van der Waals surface area contributed by atoms with Crippen LogP contribution >= 0.6 is 0 Å². The first-order valence-electron chi connectivity index (χ1n) is 7.94. The molecule has 0 aliphatic carbocycles. The minimum atomic E-state index is -8.34.